The number of nitrogens with zero attached hydrogens (tertiary/aromatic N) is 2. The fraction of sp³-hybridized carbons (Fsp3) is 0. The number of hydrazine groups is 1. The topological polar surface area (TPSA) is 27.6 Å². The Labute approximate surface area is 106 Å². The molecule has 0 bridgehead atoms. The van der Waals surface area contributed by atoms with Gasteiger partial charge in [0.05, 0.1) is 11.4 Å². The summed E-state index contributed by atoms with van der Waals surface area (Å²) in [6, 6.07) is 20.1. The van der Waals surface area contributed by atoms with Crippen molar-refractivity contribution in [2.45, 2.75) is 0 Å². The monoisotopic (exact) mass is 235 g/mol. The second kappa shape index (κ2) is 4.75. The Morgan fingerprint density at radius 2 is 1.50 bits per heavy atom. The Morgan fingerprint density at radius 3 is 2.22 bits per heavy atom. The molecule has 18 heavy (non-hydrogen) atoms. The molecule has 88 valence electrons. The third kappa shape index (κ3) is 2.11. The maximum absolute atomic E-state index is 4.57. The summed E-state index contributed by atoms with van der Waals surface area (Å²) >= 11 is 0. The smallest absolute Gasteiger partial charge is 0.0943 e. The number of hydrogen-bond acceptors (Lipinski definition) is 3. The Hall–Kier alpha value is -2.55. The summed E-state index contributed by atoms with van der Waals surface area (Å²) in [6.45, 7) is 0. The van der Waals surface area contributed by atoms with Gasteiger partial charge in [0, 0.05) is 11.8 Å². The molecule has 1 N–H and O–H groups in total. The van der Waals surface area contributed by atoms with Gasteiger partial charge in [0.1, 0.15) is 0 Å². The quantitative estimate of drug-likeness (QED) is 0.866. The molecule has 0 saturated heterocycles. The zero-order chi connectivity index (χ0) is 12.2. The normalized spacial score (nSPS) is 14.0. The first kappa shape index (κ1) is 10.6. The number of para-hydroxylation sites is 1. The molecule has 1 aliphatic rings. The summed E-state index contributed by atoms with van der Waals surface area (Å²) in [5.41, 5.74) is 6.16. The predicted octanol–water partition coefficient (Wildman–Crippen LogP) is 2.93. The molecule has 0 aromatic heterocycles. The molecule has 0 unspecified atom stereocenters. The zero-order valence-electron chi connectivity index (χ0n) is 9.82. The van der Waals surface area contributed by atoms with Crippen molar-refractivity contribution >= 4 is 11.4 Å². The van der Waals surface area contributed by atoms with Crippen LogP contribution in [-0.2, 0) is 0 Å². The van der Waals surface area contributed by atoms with Gasteiger partial charge in [0.2, 0.25) is 0 Å². The van der Waals surface area contributed by atoms with E-state index in [2.05, 4.69) is 22.7 Å². The van der Waals surface area contributed by atoms with E-state index in [4.69, 9.17) is 0 Å². The molecular weight excluding hydrogens is 222 g/mol. The van der Waals surface area contributed by atoms with Crippen molar-refractivity contribution < 1.29 is 0 Å². The van der Waals surface area contributed by atoms with Crippen LogP contribution in [0.5, 0.6) is 0 Å². The highest BCUT2D eigenvalue weighted by Gasteiger charge is 2.09. The first-order valence-corrected chi connectivity index (χ1v) is 5.85. The van der Waals surface area contributed by atoms with Gasteiger partial charge in [0.15, 0.2) is 0 Å². The maximum atomic E-state index is 4.57. The van der Waals surface area contributed by atoms with E-state index < -0.39 is 0 Å². The van der Waals surface area contributed by atoms with Crippen molar-refractivity contribution in [3.8, 4) is 0 Å². The average Bonchev–Trinajstić information content (AvgIpc) is 2.49. The summed E-state index contributed by atoms with van der Waals surface area (Å²) < 4.78 is 0. The van der Waals surface area contributed by atoms with Crippen LogP contribution >= 0.6 is 0 Å². The Kier molecular flexibility index (Phi) is 2.80. The molecule has 1 aliphatic heterocycles. The van der Waals surface area contributed by atoms with E-state index in [0.29, 0.717) is 0 Å². The van der Waals surface area contributed by atoms with E-state index in [1.165, 1.54) is 0 Å². The van der Waals surface area contributed by atoms with Gasteiger partial charge >= 0.3 is 0 Å². The van der Waals surface area contributed by atoms with Crippen LogP contribution in [-0.4, -0.2) is 5.71 Å². The van der Waals surface area contributed by atoms with Crippen LogP contribution in [0.2, 0.25) is 0 Å². The third-order valence-electron chi connectivity index (χ3n) is 2.72. The summed E-state index contributed by atoms with van der Waals surface area (Å²) in [6.07, 6.45) is 3.86. The summed E-state index contributed by atoms with van der Waals surface area (Å²) in [7, 11) is 0. The summed E-state index contributed by atoms with van der Waals surface area (Å²) in [5.74, 6) is 0. The molecule has 0 atom stereocenters. The van der Waals surface area contributed by atoms with E-state index in [1.54, 1.807) is 5.12 Å². The second-order valence-electron chi connectivity index (χ2n) is 3.96. The van der Waals surface area contributed by atoms with Gasteiger partial charge in [-0.05, 0) is 18.2 Å². The van der Waals surface area contributed by atoms with Gasteiger partial charge in [-0.25, -0.2) is 0 Å². The fourth-order valence-corrected chi connectivity index (χ4v) is 1.82. The number of benzene rings is 2. The zero-order valence-corrected chi connectivity index (χ0v) is 9.82. The highest BCUT2D eigenvalue weighted by Crippen LogP contribution is 2.15. The van der Waals surface area contributed by atoms with Crippen molar-refractivity contribution in [3.63, 3.8) is 0 Å². The number of hydrogen-bond donors (Lipinski definition) is 1. The van der Waals surface area contributed by atoms with E-state index in [0.717, 1.165) is 17.0 Å². The highest BCUT2D eigenvalue weighted by molar-refractivity contribution is 6.09. The molecule has 2 aromatic carbocycles. The number of hydrazone groups is 1. The van der Waals surface area contributed by atoms with Crippen LogP contribution in [0.3, 0.4) is 0 Å². The third-order valence-corrected chi connectivity index (χ3v) is 2.72. The van der Waals surface area contributed by atoms with E-state index in [-0.39, 0.29) is 0 Å². The first-order valence-electron chi connectivity index (χ1n) is 5.85. The number of nitrogens with one attached hydrogen (secondary N) is 1. The fourth-order valence-electron chi connectivity index (χ4n) is 1.82. The standard InChI is InChI=1S/C15H13N3/c1-3-7-13(8-4-1)15-11-12-16-18(17-15)14-9-5-2-6-10-14/h1-12,16H. The van der Waals surface area contributed by atoms with Crippen molar-refractivity contribution in [2.75, 3.05) is 5.12 Å². The Morgan fingerprint density at radius 1 is 0.833 bits per heavy atom. The van der Waals surface area contributed by atoms with E-state index in [9.17, 15) is 0 Å². The van der Waals surface area contributed by atoms with Gasteiger partial charge in [-0.3, -0.25) is 5.43 Å². The molecule has 3 rings (SSSR count). The minimum Gasteiger partial charge on any atom is -0.285 e. The molecule has 0 spiro atoms. The number of allylic oxidation sites excluding steroid dienone is 1. The SMILES string of the molecule is C1=CC(c2ccccc2)=NN(c2ccccc2)N1. The van der Waals surface area contributed by atoms with E-state index in [1.807, 2.05) is 60.8 Å². The molecule has 0 amide bonds. The molecule has 2 aromatic rings. The summed E-state index contributed by atoms with van der Waals surface area (Å²) in [4.78, 5) is 0. The lowest BCUT2D eigenvalue weighted by atomic mass is 10.1. The molecule has 0 saturated carbocycles. The highest BCUT2D eigenvalue weighted by atomic mass is 15.7. The first-order chi connectivity index (χ1) is 8.93. The number of anilines is 1. The van der Waals surface area contributed by atoms with Crippen molar-refractivity contribution in [1.82, 2.24) is 5.43 Å². The largest absolute Gasteiger partial charge is 0.285 e. The van der Waals surface area contributed by atoms with E-state index >= 15 is 0 Å². The van der Waals surface area contributed by atoms with Gasteiger partial charge in [0.25, 0.3) is 0 Å². The Bertz CT molecular complexity index is 573. The minimum absolute atomic E-state index is 0.943. The van der Waals surface area contributed by atoms with Gasteiger partial charge in [-0.15, -0.1) is 0 Å². The molecule has 3 nitrogen and oxygen atoms in total. The lowest BCUT2D eigenvalue weighted by Gasteiger charge is -2.22. The Balaban J connectivity index is 1.93. The van der Waals surface area contributed by atoms with Gasteiger partial charge in [-0.2, -0.15) is 10.2 Å². The van der Waals surface area contributed by atoms with Gasteiger partial charge < -0.3 is 0 Å². The summed E-state index contributed by atoms with van der Waals surface area (Å²) in [5, 5.41) is 6.34. The minimum atomic E-state index is 0.943. The van der Waals surface area contributed by atoms with Crippen LogP contribution in [0.4, 0.5) is 5.69 Å². The molecule has 0 aliphatic carbocycles. The van der Waals surface area contributed by atoms with Crippen LogP contribution < -0.4 is 10.5 Å². The average molecular weight is 235 g/mol. The maximum Gasteiger partial charge on any atom is 0.0943 e. The van der Waals surface area contributed by atoms with Crippen molar-refractivity contribution in [3.05, 3.63) is 78.5 Å². The molecule has 3 heteroatoms. The predicted molar refractivity (Wildman–Crippen MR) is 74.2 cm³/mol. The van der Waals surface area contributed by atoms with Crippen molar-refractivity contribution in [1.29, 1.82) is 0 Å². The molecule has 0 radical (unpaired) electrons. The van der Waals surface area contributed by atoms with Crippen LogP contribution in [0.15, 0.2) is 78.0 Å². The van der Waals surface area contributed by atoms with Crippen molar-refractivity contribution in [2.24, 2.45) is 5.10 Å². The molecule has 1 heterocycles. The van der Waals surface area contributed by atoms with Crippen LogP contribution in [0.25, 0.3) is 0 Å². The lowest BCUT2D eigenvalue weighted by molar-refractivity contribution is 0.771. The lowest BCUT2D eigenvalue weighted by Crippen LogP contribution is -2.33. The number of rotatable bonds is 2. The molecule has 0 fully saturated rings. The second-order valence-corrected chi connectivity index (χ2v) is 3.96. The van der Waals surface area contributed by atoms with Crippen LogP contribution in [0, 0.1) is 0 Å². The molecular formula is C15H13N3. The van der Waals surface area contributed by atoms with Gasteiger partial charge in [-0.1, -0.05) is 48.5 Å². The van der Waals surface area contributed by atoms with Crippen LogP contribution in [0.1, 0.15) is 5.56 Å².